The average molecular weight is 451 g/mol. The van der Waals surface area contributed by atoms with Crippen LogP contribution in [0.15, 0.2) is 12.5 Å². The van der Waals surface area contributed by atoms with E-state index >= 15 is 0 Å². The van der Waals surface area contributed by atoms with E-state index in [0.29, 0.717) is 38.3 Å². The summed E-state index contributed by atoms with van der Waals surface area (Å²) in [5, 5.41) is 0. The van der Waals surface area contributed by atoms with Crippen LogP contribution in [0.1, 0.15) is 90.8 Å². The quantitative estimate of drug-likeness (QED) is 0.265. The highest BCUT2D eigenvalue weighted by Gasteiger charge is 2.23. The Morgan fingerprint density at radius 3 is 2.53 bits per heavy atom. The molecule has 1 aliphatic rings. The lowest BCUT2D eigenvalue weighted by molar-refractivity contribution is -0.182. The molecule has 0 aliphatic heterocycles. The number of aromatic nitrogens is 2. The summed E-state index contributed by atoms with van der Waals surface area (Å²) in [4.78, 5) is 39.8. The van der Waals surface area contributed by atoms with Crippen LogP contribution in [0.3, 0.4) is 0 Å². The van der Waals surface area contributed by atoms with Crippen molar-refractivity contribution >= 4 is 17.9 Å². The molecular weight excluding hydrogens is 412 g/mol. The van der Waals surface area contributed by atoms with Crippen molar-refractivity contribution < 1.29 is 28.6 Å². The smallest absolute Gasteiger partial charge is 0.309 e. The van der Waals surface area contributed by atoms with Gasteiger partial charge in [0.25, 0.3) is 0 Å². The van der Waals surface area contributed by atoms with Crippen molar-refractivity contribution in [3.8, 4) is 0 Å². The van der Waals surface area contributed by atoms with Gasteiger partial charge in [-0.05, 0) is 51.4 Å². The first-order chi connectivity index (χ1) is 15.3. The lowest BCUT2D eigenvalue weighted by Crippen LogP contribution is -2.21. The highest BCUT2D eigenvalue weighted by atomic mass is 16.7. The highest BCUT2D eigenvalue weighted by Crippen LogP contribution is 2.32. The number of ether oxygens (including phenoxy) is 3. The summed E-state index contributed by atoms with van der Waals surface area (Å²) >= 11 is 0. The van der Waals surface area contributed by atoms with Crippen molar-refractivity contribution in [2.24, 2.45) is 11.8 Å². The third-order valence-corrected chi connectivity index (χ3v) is 5.95. The molecule has 32 heavy (non-hydrogen) atoms. The Bertz CT molecular complexity index is 739. The number of imidazole rings is 1. The number of hydrogen-bond donors (Lipinski definition) is 0. The van der Waals surface area contributed by atoms with E-state index in [1.807, 2.05) is 6.33 Å². The summed E-state index contributed by atoms with van der Waals surface area (Å²) in [5.41, 5.74) is 0.899. The van der Waals surface area contributed by atoms with Gasteiger partial charge < -0.3 is 18.8 Å². The Labute approximate surface area is 191 Å². The van der Waals surface area contributed by atoms with E-state index < -0.39 is 18.2 Å². The molecular formula is C24H38N2O6. The van der Waals surface area contributed by atoms with Gasteiger partial charge in [0.15, 0.2) is 0 Å². The van der Waals surface area contributed by atoms with Crippen LogP contribution in [0.5, 0.6) is 0 Å². The van der Waals surface area contributed by atoms with Crippen molar-refractivity contribution in [2.45, 2.75) is 97.8 Å². The first-order valence-electron chi connectivity index (χ1n) is 11.8. The molecule has 0 spiro atoms. The minimum Gasteiger partial charge on any atom is -0.466 e. The zero-order chi connectivity index (χ0) is 23.5. The van der Waals surface area contributed by atoms with Crippen molar-refractivity contribution in [3.63, 3.8) is 0 Å². The highest BCUT2D eigenvalue weighted by molar-refractivity contribution is 5.72. The number of hydrogen-bond acceptors (Lipinski definition) is 7. The average Bonchev–Trinajstić information content (AvgIpc) is 3.18. The SMILES string of the molecule is CCOC(=O)[C@@H](CCCCC(=O)OC(C)OC(C)=O)Cc1cn(C2CCC(C)CC2)cn1. The van der Waals surface area contributed by atoms with E-state index in [1.54, 1.807) is 6.92 Å². The van der Waals surface area contributed by atoms with Crippen LogP contribution in [0, 0.1) is 11.8 Å². The fraction of sp³-hybridized carbons (Fsp3) is 0.750. The van der Waals surface area contributed by atoms with E-state index in [4.69, 9.17) is 14.2 Å². The monoisotopic (exact) mass is 450 g/mol. The van der Waals surface area contributed by atoms with Crippen LogP contribution < -0.4 is 0 Å². The third kappa shape index (κ3) is 9.01. The van der Waals surface area contributed by atoms with Gasteiger partial charge in [0.05, 0.1) is 24.5 Å². The molecule has 1 aliphatic carbocycles. The van der Waals surface area contributed by atoms with Gasteiger partial charge in [-0.15, -0.1) is 0 Å². The van der Waals surface area contributed by atoms with Gasteiger partial charge in [-0.1, -0.05) is 13.3 Å². The van der Waals surface area contributed by atoms with Gasteiger partial charge in [0, 0.05) is 38.9 Å². The predicted octanol–water partition coefficient (Wildman–Crippen LogP) is 4.37. The van der Waals surface area contributed by atoms with E-state index in [-0.39, 0.29) is 18.3 Å². The van der Waals surface area contributed by atoms with Crippen molar-refractivity contribution in [1.82, 2.24) is 9.55 Å². The molecule has 0 radical (unpaired) electrons. The van der Waals surface area contributed by atoms with E-state index in [0.717, 1.165) is 11.6 Å². The molecule has 8 heteroatoms. The Kier molecular flexibility index (Phi) is 10.7. The molecule has 1 aromatic rings. The second-order valence-electron chi connectivity index (χ2n) is 8.79. The number of nitrogens with zero attached hydrogens (tertiary/aromatic N) is 2. The summed E-state index contributed by atoms with van der Waals surface area (Å²) < 4.78 is 17.3. The van der Waals surface area contributed by atoms with Crippen LogP contribution in [-0.4, -0.2) is 40.4 Å². The Hall–Kier alpha value is -2.38. The first-order valence-corrected chi connectivity index (χ1v) is 11.8. The van der Waals surface area contributed by atoms with Gasteiger partial charge in [-0.25, -0.2) is 4.98 Å². The second-order valence-corrected chi connectivity index (χ2v) is 8.79. The van der Waals surface area contributed by atoms with Crippen LogP contribution in [0.4, 0.5) is 0 Å². The summed E-state index contributed by atoms with van der Waals surface area (Å²) in [7, 11) is 0. The van der Waals surface area contributed by atoms with Crippen molar-refractivity contribution in [1.29, 1.82) is 0 Å². The molecule has 1 heterocycles. The third-order valence-electron chi connectivity index (χ3n) is 5.95. The summed E-state index contributed by atoms with van der Waals surface area (Å²) in [5.74, 6) is -0.639. The molecule has 180 valence electrons. The van der Waals surface area contributed by atoms with E-state index in [1.165, 1.54) is 39.5 Å². The van der Waals surface area contributed by atoms with Gasteiger partial charge in [0.1, 0.15) is 0 Å². The maximum Gasteiger partial charge on any atom is 0.309 e. The fourth-order valence-electron chi connectivity index (χ4n) is 4.20. The molecule has 2 atom stereocenters. The Morgan fingerprint density at radius 2 is 1.88 bits per heavy atom. The molecule has 1 saturated carbocycles. The maximum absolute atomic E-state index is 12.5. The Morgan fingerprint density at radius 1 is 1.16 bits per heavy atom. The number of carbonyl (C=O) groups is 3. The summed E-state index contributed by atoms with van der Waals surface area (Å²) in [6, 6.07) is 0.494. The van der Waals surface area contributed by atoms with Gasteiger partial charge in [-0.3, -0.25) is 14.4 Å². The first kappa shape index (κ1) is 25.9. The number of rotatable bonds is 12. The molecule has 0 aromatic carbocycles. The van der Waals surface area contributed by atoms with E-state index in [9.17, 15) is 14.4 Å². The summed E-state index contributed by atoms with van der Waals surface area (Å²) in [6.07, 6.45) is 10.5. The second kappa shape index (κ2) is 13.2. The maximum atomic E-state index is 12.5. The zero-order valence-electron chi connectivity index (χ0n) is 19.9. The number of carbonyl (C=O) groups excluding carboxylic acids is 3. The Balaban J connectivity index is 1.82. The molecule has 1 fully saturated rings. The minimum absolute atomic E-state index is 0.204. The molecule has 0 amide bonds. The van der Waals surface area contributed by atoms with Crippen molar-refractivity contribution in [3.05, 3.63) is 18.2 Å². The molecule has 2 rings (SSSR count). The predicted molar refractivity (Wildman–Crippen MR) is 119 cm³/mol. The zero-order valence-corrected chi connectivity index (χ0v) is 19.9. The van der Waals surface area contributed by atoms with E-state index in [2.05, 4.69) is 22.7 Å². The van der Waals surface area contributed by atoms with Gasteiger partial charge >= 0.3 is 17.9 Å². The van der Waals surface area contributed by atoms with Crippen LogP contribution in [0.2, 0.25) is 0 Å². The normalized spacial score (nSPS) is 20.2. The lowest BCUT2D eigenvalue weighted by atomic mass is 9.87. The number of esters is 3. The van der Waals surface area contributed by atoms with Crippen molar-refractivity contribution in [2.75, 3.05) is 6.61 Å². The summed E-state index contributed by atoms with van der Waals surface area (Å²) in [6.45, 7) is 7.21. The molecule has 0 saturated heterocycles. The number of unbranched alkanes of at least 4 members (excludes halogenated alkanes) is 1. The largest absolute Gasteiger partial charge is 0.466 e. The topological polar surface area (TPSA) is 96.7 Å². The molecule has 0 bridgehead atoms. The molecule has 1 unspecified atom stereocenters. The standard InChI is InChI=1S/C24H38N2O6/c1-5-30-24(29)20(8-6-7-9-23(28)32-19(4)31-18(3)27)14-21-15-26(16-25-21)22-12-10-17(2)11-13-22/h15-17,19-20,22H,5-14H2,1-4H3/t17?,19?,20-,22?/m0/s1. The van der Waals surface area contributed by atoms with Gasteiger partial charge in [-0.2, -0.15) is 0 Å². The van der Waals surface area contributed by atoms with Gasteiger partial charge in [0.2, 0.25) is 6.29 Å². The fourth-order valence-corrected chi connectivity index (χ4v) is 4.20. The van der Waals surface area contributed by atoms with Crippen LogP contribution in [-0.2, 0) is 35.0 Å². The lowest BCUT2D eigenvalue weighted by Gasteiger charge is -2.26. The molecule has 8 nitrogen and oxygen atoms in total. The molecule has 0 N–H and O–H groups in total. The molecule has 1 aromatic heterocycles. The van der Waals surface area contributed by atoms with Crippen LogP contribution >= 0.6 is 0 Å². The minimum atomic E-state index is -0.894. The van der Waals surface area contributed by atoms with Crippen LogP contribution in [0.25, 0.3) is 0 Å².